The molecular formula is C43H34BrClN4O8S2. The van der Waals surface area contributed by atoms with Gasteiger partial charge in [-0.2, -0.15) is 0 Å². The standard InChI is InChI=1S/C21H15BrN2O4S.C21H15ClN2O4S.CH4/c2*1-10-7-11(2)23-19-14(10)8-16(28-19)18(25)24-20-17(21(26)27)15(9-29-20)12-3-5-13(22)6-4-12;/h2*3-9H,1-2H3,(H,24,25)(H,26,27);1H4. The molecule has 6 heterocycles. The number of carbonyl (C=O) groups is 4. The van der Waals surface area contributed by atoms with Gasteiger partial charge in [0.1, 0.15) is 21.1 Å². The number of furan rings is 2. The number of carboxylic acids is 2. The van der Waals surface area contributed by atoms with Crippen LogP contribution in [0.1, 0.15) is 71.8 Å². The molecule has 0 aliphatic heterocycles. The Labute approximate surface area is 358 Å². The third-order valence-corrected chi connectivity index (χ3v) is 11.5. The average Bonchev–Trinajstić information content (AvgIpc) is 3.98. The van der Waals surface area contributed by atoms with E-state index in [1.54, 1.807) is 47.2 Å². The number of aromatic nitrogens is 2. The number of benzene rings is 2. The number of carbonyl (C=O) groups excluding carboxylic acids is 2. The maximum atomic E-state index is 12.7. The van der Waals surface area contributed by atoms with Crippen LogP contribution in [0.25, 0.3) is 44.5 Å². The molecule has 0 aliphatic rings. The van der Waals surface area contributed by atoms with E-state index >= 15 is 0 Å². The van der Waals surface area contributed by atoms with Crippen LogP contribution in [0.2, 0.25) is 5.02 Å². The molecule has 59 heavy (non-hydrogen) atoms. The van der Waals surface area contributed by atoms with Crippen LogP contribution in [0, 0.1) is 27.7 Å². The highest BCUT2D eigenvalue weighted by molar-refractivity contribution is 9.10. The minimum atomic E-state index is -1.13. The fraction of sp³-hybridized carbons (Fsp3) is 0.116. The quantitative estimate of drug-likeness (QED) is 0.114. The monoisotopic (exact) mass is 912 g/mol. The van der Waals surface area contributed by atoms with Crippen molar-refractivity contribution in [1.82, 2.24) is 9.97 Å². The van der Waals surface area contributed by atoms with E-state index < -0.39 is 23.8 Å². The van der Waals surface area contributed by atoms with Crippen LogP contribution in [0.4, 0.5) is 10.0 Å². The summed E-state index contributed by atoms with van der Waals surface area (Å²) in [4.78, 5) is 57.8. The fourth-order valence-corrected chi connectivity index (χ4v) is 8.53. The first kappa shape index (κ1) is 42.5. The van der Waals surface area contributed by atoms with Crippen LogP contribution in [-0.2, 0) is 0 Å². The molecule has 8 aromatic rings. The predicted octanol–water partition coefficient (Wildman–Crippen LogP) is 12.3. The van der Waals surface area contributed by atoms with Gasteiger partial charge in [0.05, 0.1) is 0 Å². The number of thiophene rings is 2. The van der Waals surface area contributed by atoms with Crippen molar-refractivity contribution in [2.45, 2.75) is 35.1 Å². The topological polar surface area (TPSA) is 185 Å². The summed E-state index contributed by atoms with van der Waals surface area (Å²) in [7, 11) is 0. The van der Waals surface area contributed by atoms with E-state index in [9.17, 15) is 29.4 Å². The molecule has 0 fully saturated rings. The minimum absolute atomic E-state index is 0. The van der Waals surface area contributed by atoms with Crippen molar-refractivity contribution in [3.63, 3.8) is 0 Å². The molecule has 0 atom stereocenters. The highest BCUT2D eigenvalue weighted by Gasteiger charge is 2.25. The molecule has 0 aliphatic carbocycles. The van der Waals surface area contributed by atoms with Crippen LogP contribution in [0.3, 0.4) is 0 Å². The van der Waals surface area contributed by atoms with Crippen molar-refractivity contribution in [3.8, 4) is 22.3 Å². The van der Waals surface area contributed by atoms with Crippen molar-refractivity contribution in [1.29, 1.82) is 0 Å². The Morgan fingerprint density at radius 3 is 1.42 bits per heavy atom. The van der Waals surface area contributed by atoms with Crippen LogP contribution in [0.5, 0.6) is 0 Å². The summed E-state index contributed by atoms with van der Waals surface area (Å²) in [6.07, 6.45) is 0. The lowest BCUT2D eigenvalue weighted by atomic mass is 10.0. The number of fused-ring (bicyclic) bond motifs is 2. The summed E-state index contributed by atoms with van der Waals surface area (Å²) in [5.74, 6) is -3.16. The Morgan fingerprint density at radius 1 is 0.644 bits per heavy atom. The molecule has 0 unspecified atom stereocenters. The summed E-state index contributed by atoms with van der Waals surface area (Å²) in [6, 6.07) is 21.2. The first-order valence-corrected chi connectivity index (χ1v) is 20.2. The summed E-state index contributed by atoms with van der Waals surface area (Å²) in [6.45, 7) is 7.52. The number of rotatable bonds is 8. The number of carboxylic acid groups (broad SMARTS) is 2. The summed E-state index contributed by atoms with van der Waals surface area (Å²) < 4.78 is 12.1. The second-order valence-electron chi connectivity index (χ2n) is 13.1. The van der Waals surface area contributed by atoms with Crippen molar-refractivity contribution >= 4 is 106 Å². The molecule has 0 radical (unpaired) electrons. The van der Waals surface area contributed by atoms with Crippen molar-refractivity contribution in [2.75, 3.05) is 10.6 Å². The summed E-state index contributed by atoms with van der Waals surface area (Å²) >= 11 is 11.6. The lowest BCUT2D eigenvalue weighted by Gasteiger charge is -2.05. The van der Waals surface area contributed by atoms with Crippen LogP contribution >= 0.6 is 50.2 Å². The van der Waals surface area contributed by atoms with E-state index in [0.29, 0.717) is 33.1 Å². The molecular weight excluding hydrogens is 880 g/mol. The second kappa shape index (κ2) is 17.4. The molecule has 0 bridgehead atoms. The number of nitrogens with zero attached hydrogens (tertiary/aromatic N) is 2. The molecule has 8 rings (SSSR count). The number of halogens is 2. The molecule has 16 heteroatoms. The van der Waals surface area contributed by atoms with Gasteiger partial charge in [0, 0.05) is 53.5 Å². The van der Waals surface area contributed by atoms with Crippen molar-refractivity contribution in [2.24, 2.45) is 0 Å². The highest BCUT2D eigenvalue weighted by atomic mass is 79.9. The molecule has 4 N–H and O–H groups in total. The second-order valence-corrected chi connectivity index (χ2v) is 16.2. The van der Waals surface area contributed by atoms with Gasteiger partial charge in [-0.1, -0.05) is 59.2 Å². The highest BCUT2D eigenvalue weighted by Crippen LogP contribution is 2.38. The first-order valence-electron chi connectivity index (χ1n) is 17.3. The SMILES string of the molecule is C.Cc1cc(C)c2cc(C(=O)Nc3scc(-c4ccc(Br)cc4)c3C(=O)O)oc2n1.Cc1cc(C)c2cc(C(=O)Nc3scc(-c4ccc(Cl)cc4)c3C(=O)O)oc2n1. The van der Waals surface area contributed by atoms with Gasteiger partial charge in [-0.15, -0.1) is 22.7 Å². The normalized spacial score (nSPS) is 10.8. The third-order valence-electron chi connectivity index (χ3n) is 8.90. The Bertz CT molecular complexity index is 2720. The number of nitrogens with one attached hydrogen (secondary N) is 2. The lowest BCUT2D eigenvalue weighted by molar-refractivity contribution is 0.0688. The van der Waals surface area contributed by atoms with Crippen molar-refractivity contribution < 1.29 is 38.2 Å². The molecule has 0 saturated carbocycles. The van der Waals surface area contributed by atoms with E-state index in [2.05, 4.69) is 36.5 Å². The van der Waals surface area contributed by atoms with E-state index in [1.165, 1.54) is 0 Å². The maximum Gasteiger partial charge on any atom is 0.339 e. The van der Waals surface area contributed by atoms with Gasteiger partial charge in [0.25, 0.3) is 11.8 Å². The number of anilines is 2. The number of aryl methyl sites for hydroxylation is 4. The van der Waals surface area contributed by atoms with Crippen LogP contribution in [0.15, 0.2) is 96.9 Å². The smallest absolute Gasteiger partial charge is 0.339 e. The van der Waals surface area contributed by atoms with Crippen molar-refractivity contribution in [3.05, 3.63) is 138 Å². The maximum absolute atomic E-state index is 12.7. The van der Waals surface area contributed by atoms with Gasteiger partial charge >= 0.3 is 11.9 Å². The Morgan fingerprint density at radius 2 is 1.03 bits per heavy atom. The predicted molar refractivity (Wildman–Crippen MR) is 236 cm³/mol. The number of aromatic carboxylic acids is 2. The van der Waals surface area contributed by atoms with Crippen LogP contribution < -0.4 is 10.6 Å². The van der Waals surface area contributed by atoms with Gasteiger partial charge in [-0.25, -0.2) is 19.6 Å². The van der Waals surface area contributed by atoms with E-state index in [-0.39, 0.29) is 40.1 Å². The van der Waals surface area contributed by atoms with E-state index in [1.807, 2.05) is 64.1 Å². The first-order chi connectivity index (χ1) is 27.7. The lowest BCUT2D eigenvalue weighted by Crippen LogP contribution is -2.12. The molecule has 300 valence electrons. The number of hydrogen-bond acceptors (Lipinski definition) is 10. The molecule has 0 spiro atoms. The van der Waals surface area contributed by atoms with E-state index in [0.717, 1.165) is 66.0 Å². The van der Waals surface area contributed by atoms with Gasteiger partial charge in [-0.05, 0) is 98.5 Å². The van der Waals surface area contributed by atoms with Gasteiger partial charge in [0.15, 0.2) is 11.5 Å². The van der Waals surface area contributed by atoms with Gasteiger partial charge < -0.3 is 29.7 Å². The minimum Gasteiger partial charge on any atom is -0.478 e. The largest absolute Gasteiger partial charge is 0.478 e. The van der Waals surface area contributed by atoms with E-state index in [4.69, 9.17) is 20.4 Å². The molecule has 2 aromatic carbocycles. The third kappa shape index (κ3) is 8.98. The Kier molecular flexibility index (Phi) is 12.5. The molecule has 2 amide bonds. The zero-order valence-electron chi connectivity index (χ0n) is 30.9. The number of hydrogen-bond donors (Lipinski definition) is 4. The fourth-order valence-electron chi connectivity index (χ4n) is 6.22. The zero-order valence-corrected chi connectivity index (χ0v) is 34.9. The molecule has 0 saturated heterocycles. The zero-order chi connectivity index (χ0) is 41.4. The Balaban J connectivity index is 0.000000195. The van der Waals surface area contributed by atoms with Gasteiger partial charge in [-0.3, -0.25) is 9.59 Å². The summed E-state index contributed by atoms with van der Waals surface area (Å²) in [5, 5.41) is 30.7. The van der Waals surface area contributed by atoms with Gasteiger partial charge in [0.2, 0.25) is 11.4 Å². The average molecular weight is 914 g/mol. The number of amides is 2. The summed E-state index contributed by atoms with van der Waals surface area (Å²) in [5.41, 5.74) is 6.81. The number of pyridine rings is 2. The van der Waals surface area contributed by atoms with Crippen LogP contribution in [-0.4, -0.2) is 43.9 Å². The molecule has 6 aromatic heterocycles. The molecule has 12 nitrogen and oxygen atoms in total. The Hall–Kier alpha value is -6.13.